The third-order valence-electron chi connectivity index (χ3n) is 8.69. The van der Waals surface area contributed by atoms with Crippen molar-refractivity contribution >= 4 is 11.8 Å². The predicted octanol–water partition coefficient (Wildman–Crippen LogP) is 5.20. The highest BCUT2D eigenvalue weighted by Crippen LogP contribution is 2.38. The second-order valence-corrected chi connectivity index (χ2v) is 11.6. The molecule has 9 nitrogen and oxygen atoms in total. The topological polar surface area (TPSA) is 99.4 Å². The molecular weight excluding hydrogens is 544 g/mol. The number of carbonyl (C=O) groups excluding carboxylic acids is 1. The lowest BCUT2D eigenvalue weighted by atomic mass is 9.83. The quantitative estimate of drug-likeness (QED) is 0.188. The molecule has 2 atom stereocenters. The summed E-state index contributed by atoms with van der Waals surface area (Å²) in [5.74, 6) is 0.0473. The van der Waals surface area contributed by atoms with Crippen LogP contribution in [0.4, 0.5) is 10.5 Å². The van der Waals surface area contributed by atoms with E-state index in [1.165, 1.54) is 17.7 Å². The maximum atomic E-state index is 13.1. The van der Waals surface area contributed by atoms with Crippen LogP contribution in [0.3, 0.4) is 0 Å². The van der Waals surface area contributed by atoms with Crippen molar-refractivity contribution in [1.82, 2.24) is 14.7 Å². The molecule has 2 aliphatic rings. The van der Waals surface area contributed by atoms with Crippen molar-refractivity contribution in [3.63, 3.8) is 0 Å². The lowest BCUT2D eigenvalue weighted by molar-refractivity contribution is -0.384. The molecule has 2 heterocycles. The summed E-state index contributed by atoms with van der Waals surface area (Å²) in [5.41, 5.74) is 1.94. The molecule has 2 saturated heterocycles. The second-order valence-electron chi connectivity index (χ2n) is 11.6. The van der Waals surface area contributed by atoms with Crippen LogP contribution in [0.25, 0.3) is 0 Å². The highest BCUT2D eigenvalue weighted by Gasteiger charge is 2.47. The van der Waals surface area contributed by atoms with Crippen molar-refractivity contribution in [2.75, 3.05) is 39.3 Å². The molecule has 0 spiro atoms. The number of hydrogen-bond acceptors (Lipinski definition) is 7. The molecule has 2 aliphatic heterocycles. The van der Waals surface area contributed by atoms with Gasteiger partial charge in [-0.15, -0.1) is 6.58 Å². The summed E-state index contributed by atoms with van der Waals surface area (Å²) < 4.78 is 5.58. The van der Waals surface area contributed by atoms with E-state index in [1.807, 2.05) is 36.4 Å². The fourth-order valence-electron chi connectivity index (χ4n) is 6.40. The Balaban J connectivity index is 1.19. The predicted molar refractivity (Wildman–Crippen MR) is 165 cm³/mol. The van der Waals surface area contributed by atoms with E-state index < -0.39 is 16.6 Å². The van der Waals surface area contributed by atoms with Crippen LogP contribution in [0.2, 0.25) is 0 Å². The molecule has 2 fully saturated rings. The zero-order chi connectivity index (χ0) is 30.2. The van der Waals surface area contributed by atoms with Gasteiger partial charge in [0.05, 0.1) is 4.92 Å². The van der Waals surface area contributed by atoms with E-state index in [0.29, 0.717) is 18.7 Å². The number of aliphatic hydroxyl groups is 1. The molecule has 3 aromatic carbocycles. The summed E-state index contributed by atoms with van der Waals surface area (Å²) in [7, 11) is 0. The Morgan fingerprint density at radius 1 is 1.00 bits per heavy atom. The number of amides is 1. The first-order chi connectivity index (χ1) is 20.9. The number of nitro groups is 1. The summed E-state index contributed by atoms with van der Waals surface area (Å²) >= 11 is 0. The van der Waals surface area contributed by atoms with E-state index in [2.05, 4.69) is 40.6 Å². The van der Waals surface area contributed by atoms with Crippen LogP contribution in [0.5, 0.6) is 0 Å². The molecule has 9 heteroatoms. The zero-order valence-electron chi connectivity index (χ0n) is 24.5. The third kappa shape index (κ3) is 7.48. The first-order valence-electron chi connectivity index (χ1n) is 14.9. The summed E-state index contributed by atoms with van der Waals surface area (Å²) in [6.45, 7) is 8.85. The van der Waals surface area contributed by atoms with E-state index in [1.54, 1.807) is 23.1 Å². The maximum absolute atomic E-state index is 13.1. The van der Waals surface area contributed by atoms with Gasteiger partial charge < -0.3 is 19.6 Å². The summed E-state index contributed by atoms with van der Waals surface area (Å²) in [6, 6.07) is 26.4. The van der Waals surface area contributed by atoms with Crippen molar-refractivity contribution in [1.29, 1.82) is 0 Å². The van der Waals surface area contributed by atoms with E-state index in [4.69, 9.17) is 4.74 Å². The van der Waals surface area contributed by atoms with Crippen LogP contribution in [0.1, 0.15) is 29.5 Å². The van der Waals surface area contributed by atoms with E-state index in [9.17, 15) is 20.0 Å². The number of piperidine rings is 1. The maximum Gasteiger partial charge on any atom is 0.410 e. The number of carbonyl (C=O) groups is 1. The first kappa shape index (κ1) is 30.4. The Labute approximate surface area is 253 Å². The number of non-ortho nitro benzene ring substituents is 1. The largest absolute Gasteiger partial charge is 0.445 e. The number of ether oxygens (including phenoxy) is 1. The molecule has 0 saturated carbocycles. The Morgan fingerprint density at radius 2 is 1.65 bits per heavy atom. The number of benzene rings is 3. The monoisotopic (exact) mass is 584 g/mol. The molecule has 0 aromatic heterocycles. The van der Waals surface area contributed by atoms with Crippen LogP contribution in [-0.2, 0) is 23.5 Å². The van der Waals surface area contributed by atoms with Gasteiger partial charge in [0.15, 0.2) is 0 Å². The van der Waals surface area contributed by atoms with Crippen molar-refractivity contribution in [3.8, 4) is 0 Å². The minimum atomic E-state index is -0.941. The first-order valence-corrected chi connectivity index (χ1v) is 14.9. The van der Waals surface area contributed by atoms with Gasteiger partial charge in [-0.3, -0.25) is 15.0 Å². The van der Waals surface area contributed by atoms with Crippen molar-refractivity contribution in [2.24, 2.45) is 5.92 Å². The third-order valence-corrected chi connectivity index (χ3v) is 8.69. The Kier molecular flexibility index (Phi) is 9.86. The number of likely N-dealkylation sites (tertiary alicyclic amines) is 2. The van der Waals surface area contributed by atoms with E-state index in [-0.39, 0.29) is 24.3 Å². The Morgan fingerprint density at radius 3 is 2.28 bits per heavy atom. The molecule has 0 aliphatic carbocycles. The van der Waals surface area contributed by atoms with Crippen molar-refractivity contribution < 1.29 is 19.6 Å². The lowest BCUT2D eigenvalue weighted by Crippen LogP contribution is -2.50. The Hall–Kier alpha value is -4.05. The Bertz CT molecular complexity index is 1360. The molecular formula is C34H40N4O5. The van der Waals surface area contributed by atoms with Gasteiger partial charge in [0.1, 0.15) is 12.2 Å². The minimum absolute atomic E-state index is 0.00108. The fraction of sp³-hybridized carbons (Fsp3) is 0.382. The van der Waals surface area contributed by atoms with Crippen LogP contribution in [0, 0.1) is 16.0 Å². The standard InChI is InChI=1S/C34H40N4O5/c1-2-19-37(33(39)43-25-28-13-15-32(16-14-28)38(41)42)31-17-20-35(21-18-31)23-30-24-36(22-27-9-5-3-6-10-27)26-34(30,40)29-11-7-4-8-12-29/h2-16,30-31,40H,1,17-26H2. The number of β-amino-alcohol motifs (C(OH)–C–C–N with tert-alkyl or cyclic N) is 1. The highest BCUT2D eigenvalue weighted by molar-refractivity contribution is 5.68. The lowest BCUT2D eigenvalue weighted by Gasteiger charge is -2.40. The molecule has 0 bridgehead atoms. The van der Waals surface area contributed by atoms with Gasteiger partial charge in [0, 0.05) is 69.9 Å². The van der Waals surface area contributed by atoms with Gasteiger partial charge in [0.25, 0.3) is 5.69 Å². The SMILES string of the molecule is C=CCN(C(=O)OCc1ccc([N+](=O)[O-])cc1)C1CCN(CC2CN(Cc3ccccc3)CC2(O)c2ccccc2)CC1. The molecule has 1 N–H and O–H groups in total. The van der Waals surface area contributed by atoms with Crippen LogP contribution >= 0.6 is 0 Å². The minimum Gasteiger partial charge on any atom is -0.445 e. The molecule has 43 heavy (non-hydrogen) atoms. The summed E-state index contributed by atoms with van der Waals surface area (Å²) in [5, 5.41) is 23.0. The van der Waals surface area contributed by atoms with E-state index in [0.717, 1.165) is 51.1 Å². The molecule has 2 unspecified atom stereocenters. The van der Waals surface area contributed by atoms with Crippen molar-refractivity contribution in [3.05, 3.63) is 124 Å². The van der Waals surface area contributed by atoms with E-state index >= 15 is 0 Å². The van der Waals surface area contributed by atoms with Gasteiger partial charge in [-0.2, -0.15) is 0 Å². The van der Waals surface area contributed by atoms with Gasteiger partial charge in [0.2, 0.25) is 0 Å². The number of nitrogens with zero attached hydrogens (tertiary/aromatic N) is 4. The molecule has 3 aromatic rings. The highest BCUT2D eigenvalue weighted by atomic mass is 16.6. The van der Waals surface area contributed by atoms with Crippen molar-refractivity contribution in [2.45, 2.75) is 37.6 Å². The molecule has 226 valence electrons. The zero-order valence-corrected chi connectivity index (χ0v) is 24.5. The van der Waals surface area contributed by atoms with Gasteiger partial charge in [-0.1, -0.05) is 66.7 Å². The summed E-state index contributed by atoms with van der Waals surface area (Å²) in [4.78, 5) is 30.0. The fourth-order valence-corrected chi connectivity index (χ4v) is 6.40. The van der Waals surface area contributed by atoms with Gasteiger partial charge >= 0.3 is 6.09 Å². The summed E-state index contributed by atoms with van der Waals surface area (Å²) in [6.07, 6.45) is 2.89. The van der Waals surface area contributed by atoms with Crippen LogP contribution < -0.4 is 0 Å². The van der Waals surface area contributed by atoms with Gasteiger partial charge in [-0.25, -0.2) is 4.79 Å². The number of hydrogen-bond donors (Lipinski definition) is 1. The average Bonchev–Trinajstić information content (AvgIpc) is 3.35. The normalized spacial score (nSPS) is 21.4. The molecule has 0 radical (unpaired) electrons. The molecule has 1 amide bonds. The molecule has 5 rings (SSSR count). The van der Waals surface area contributed by atoms with Crippen LogP contribution in [0.15, 0.2) is 97.6 Å². The van der Waals surface area contributed by atoms with Gasteiger partial charge in [-0.05, 0) is 41.7 Å². The number of nitro benzene ring substituents is 1. The average molecular weight is 585 g/mol. The smallest absolute Gasteiger partial charge is 0.410 e. The van der Waals surface area contributed by atoms with Crippen LogP contribution in [-0.4, -0.2) is 76.1 Å². The number of rotatable bonds is 11. The second kappa shape index (κ2) is 13.9.